The Kier molecular flexibility index (Phi) is 5.74. The summed E-state index contributed by atoms with van der Waals surface area (Å²) < 4.78 is 4.86. The molecule has 19 heavy (non-hydrogen) atoms. The van der Waals surface area contributed by atoms with Crippen molar-refractivity contribution in [3.05, 3.63) is 33.9 Å². The van der Waals surface area contributed by atoms with Crippen LogP contribution in [0.1, 0.15) is 17.3 Å². The van der Waals surface area contributed by atoms with Gasteiger partial charge in [0, 0.05) is 31.8 Å². The maximum atomic E-state index is 11.6. The molecular weight excluding hydrogens is 250 g/mol. The molecule has 0 aliphatic rings. The molecule has 0 saturated carbocycles. The number of anilines is 1. The zero-order valence-corrected chi connectivity index (χ0v) is 10.9. The van der Waals surface area contributed by atoms with Gasteiger partial charge in [0.25, 0.3) is 11.6 Å². The Morgan fingerprint density at radius 3 is 2.79 bits per heavy atom. The Labute approximate surface area is 111 Å². The second-order valence-corrected chi connectivity index (χ2v) is 3.77. The van der Waals surface area contributed by atoms with Crippen molar-refractivity contribution in [2.24, 2.45) is 0 Å². The van der Waals surface area contributed by atoms with Crippen LogP contribution in [0.2, 0.25) is 0 Å². The van der Waals surface area contributed by atoms with Crippen LogP contribution in [0.5, 0.6) is 0 Å². The summed E-state index contributed by atoms with van der Waals surface area (Å²) in [5.74, 6) is -0.325. The first-order chi connectivity index (χ1) is 9.10. The number of rotatable bonds is 7. The minimum Gasteiger partial charge on any atom is -0.383 e. The van der Waals surface area contributed by atoms with Gasteiger partial charge in [0.2, 0.25) is 0 Å². The van der Waals surface area contributed by atoms with Crippen molar-refractivity contribution in [2.75, 3.05) is 32.1 Å². The number of hydrogen-bond acceptors (Lipinski definition) is 5. The van der Waals surface area contributed by atoms with Gasteiger partial charge in [0.1, 0.15) is 5.69 Å². The lowest BCUT2D eigenvalue weighted by molar-refractivity contribution is -0.384. The summed E-state index contributed by atoms with van der Waals surface area (Å²) in [5.41, 5.74) is 0.515. The summed E-state index contributed by atoms with van der Waals surface area (Å²) >= 11 is 0. The van der Waals surface area contributed by atoms with Crippen molar-refractivity contribution in [3.8, 4) is 0 Å². The minimum atomic E-state index is -0.516. The van der Waals surface area contributed by atoms with Crippen molar-refractivity contribution in [3.63, 3.8) is 0 Å². The number of nitrogens with zero attached hydrogens (tertiary/aromatic N) is 1. The highest BCUT2D eigenvalue weighted by atomic mass is 16.6. The summed E-state index contributed by atoms with van der Waals surface area (Å²) in [6, 6.07) is 4.34. The smallest absolute Gasteiger partial charge is 0.293 e. The van der Waals surface area contributed by atoms with E-state index in [0.717, 1.165) is 0 Å². The highest BCUT2D eigenvalue weighted by Gasteiger charge is 2.16. The molecule has 7 nitrogen and oxygen atoms in total. The molecule has 1 aromatic rings. The molecule has 1 amide bonds. The molecule has 0 bridgehead atoms. The van der Waals surface area contributed by atoms with Crippen LogP contribution in [0.4, 0.5) is 11.4 Å². The van der Waals surface area contributed by atoms with E-state index in [4.69, 9.17) is 4.74 Å². The van der Waals surface area contributed by atoms with Gasteiger partial charge in [-0.05, 0) is 19.1 Å². The number of carbonyl (C=O) groups excluding carboxylic acids is 1. The number of nitro benzene ring substituents is 1. The molecule has 7 heteroatoms. The van der Waals surface area contributed by atoms with Crippen LogP contribution in [0.25, 0.3) is 0 Å². The van der Waals surface area contributed by atoms with Gasteiger partial charge in [-0.15, -0.1) is 0 Å². The molecule has 1 aromatic carbocycles. The lowest BCUT2D eigenvalue weighted by atomic mass is 10.1. The maximum Gasteiger partial charge on any atom is 0.293 e. The number of ether oxygens (including phenoxy) is 1. The number of nitro groups is 1. The number of benzene rings is 1. The third-order valence-corrected chi connectivity index (χ3v) is 2.42. The van der Waals surface area contributed by atoms with Crippen LogP contribution in [0, 0.1) is 10.1 Å². The van der Waals surface area contributed by atoms with Gasteiger partial charge in [-0.25, -0.2) is 0 Å². The fourth-order valence-electron chi connectivity index (χ4n) is 1.52. The van der Waals surface area contributed by atoms with E-state index in [-0.39, 0.29) is 17.2 Å². The van der Waals surface area contributed by atoms with E-state index in [1.54, 1.807) is 20.1 Å². The predicted molar refractivity (Wildman–Crippen MR) is 71.5 cm³/mol. The fraction of sp³-hybridized carbons (Fsp3) is 0.417. The predicted octanol–water partition coefficient (Wildman–Crippen LogP) is 1.40. The van der Waals surface area contributed by atoms with Crippen molar-refractivity contribution >= 4 is 17.3 Å². The first-order valence-electron chi connectivity index (χ1n) is 5.89. The van der Waals surface area contributed by atoms with Crippen molar-refractivity contribution < 1.29 is 14.5 Å². The monoisotopic (exact) mass is 267 g/mol. The third kappa shape index (κ3) is 4.22. The molecular formula is C12H17N3O4. The van der Waals surface area contributed by atoms with Gasteiger partial charge in [0.05, 0.1) is 11.5 Å². The lowest BCUT2D eigenvalue weighted by Crippen LogP contribution is -2.22. The van der Waals surface area contributed by atoms with Crippen LogP contribution in [-0.2, 0) is 4.74 Å². The molecule has 0 spiro atoms. The number of nitrogens with one attached hydrogen (secondary N) is 2. The van der Waals surface area contributed by atoms with Crippen molar-refractivity contribution in [2.45, 2.75) is 6.92 Å². The molecule has 0 aliphatic heterocycles. The Morgan fingerprint density at radius 1 is 1.47 bits per heavy atom. The molecule has 0 atom stereocenters. The average molecular weight is 267 g/mol. The van der Waals surface area contributed by atoms with Crippen LogP contribution >= 0.6 is 0 Å². The zero-order chi connectivity index (χ0) is 14.3. The van der Waals surface area contributed by atoms with E-state index in [1.165, 1.54) is 12.1 Å². The van der Waals surface area contributed by atoms with Crippen LogP contribution in [-0.4, -0.2) is 37.6 Å². The highest BCUT2D eigenvalue weighted by molar-refractivity contribution is 5.95. The van der Waals surface area contributed by atoms with Gasteiger partial charge < -0.3 is 15.4 Å². The summed E-state index contributed by atoms with van der Waals surface area (Å²) in [7, 11) is 1.55. The first-order valence-corrected chi connectivity index (χ1v) is 5.89. The number of carbonyl (C=O) groups is 1. The molecule has 0 saturated heterocycles. The van der Waals surface area contributed by atoms with Gasteiger partial charge in [-0.3, -0.25) is 14.9 Å². The molecule has 0 aromatic heterocycles. The SMILES string of the molecule is CCNC(=O)c1ccc(NCCOC)c([N+](=O)[O-])c1. The Morgan fingerprint density at radius 2 is 2.21 bits per heavy atom. The summed E-state index contributed by atoms with van der Waals surface area (Å²) in [6.07, 6.45) is 0. The lowest BCUT2D eigenvalue weighted by Gasteiger charge is -2.08. The van der Waals surface area contributed by atoms with Crippen LogP contribution in [0.3, 0.4) is 0 Å². The van der Waals surface area contributed by atoms with Crippen molar-refractivity contribution in [1.82, 2.24) is 5.32 Å². The Bertz CT molecular complexity index is 462. The van der Waals surface area contributed by atoms with Gasteiger partial charge in [0.15, 0.2) is 0 Å². The van der Waals surface area contributed by atoms with Crippen LogP contribution in [0.15, 0.2) is 18.2 Å². The first kappa shape index (κ1) is 14.9. The van der Waals surface area contributed by atoms with E-state index in [9.17, 15) is 14.9 Å². The Hall–Kier alpha value is -2.15. The van der Waals surface area contributed by atoms with Gasteiger partial charge in [-0.2, -0.15) is 0 Å². The van der Waals surface area contributed by atoms with E-state index < -0.39 is 4.92 Å². The Balaban J connectivity index is 2.94. The zero-order valence-electron chi connectivity index (χ0n) is 10.9. The third-order valence-electron chi connectivity index (χ3n) is 2.42. The fourth-order valence-corrected chi connectivity index (χ4v) is 1.52. The van der Waals surface area contributed by atoms with Crippen LogP contribution < -0.4 is 10.6 Å². The van der Waals surface area contributed by atoms with E-state index in [2.05, 4.69) is 10.6 Å². The minimum absolute atomic E-state index is 0.125. The topological polar surface area (TPSA) is 93.5 Å². The summed E-state index contributed by atoms with van der Waals surface area (Å²) in [5, 5.41) is 16.5. The second-order valence-electron chi connectivity index (χ2n) is 3.77. The van der Waals surface area contributed by atoms with E-state index in [1.807, 2.05) is 0 Å². The number of amides is 1. The molecule has 0 fully saturated rings. The summed E-state index contributed by atoms with van der Waals surface area (Å²) in [6.45, 7) is 3.15. The quantitative estimate of drug-likeness (QED) is 0.442. The van der Waals surface area contributed by atoms with Gasteiger partial charge >= 0.3 is 0 Å². The highest BCUT2D eigenvalue weighted by Crippen LogP contribution is 2.25. The summed E-state index contributed by atoms with van der Waals surface area (Å²) in [4.78, 5) is 22.1. The molecule has 1 rings (SSSR count). The van der Waals surface area contributed by atoms with Gasteiger partial charge in [-0.1, -0.05) is 0 Å². The maximum absolute atomic E-state index is 11.6. The van der Waals surface area contributed by atoms with Crippen molar-refractivity contribution in [1.29, 1.82) is 0 Å². The molecule has 0 radical (unpaired) electrons. The normalized spacial score (nSPS) is 10.0. The van der Waals surface area contributed by atoms with E-state index >= 15 is 0 Å². The molecule has 0 aliphatic carbocycles. The van der Waals surface area contributed by atoms with E-state index in [0.29, 0.717) is 25.4 Å². The molecule has 104 valence electrons. The average Bonchev–Trinajstić information content (AvgIpc) is 2.39. The number of hydrogen-bond donors (Lipinski definition) is 2. The largest absolute Gasteiger partial charge is 0.383 e. The molecule has 2 N–H and O–H groups in total. The molecule has 0 heterocycles. The second kappa shape index (κ2) is 7.32. The molecule has 0 unspecified atom stereocenters. The number of methoxy groups -OCH3 is 1. The standard InChI is InChI=1S/C12H17N3O4/c1-3-13-12(16)9-4-5-10(14-6-7-19-2)11(8-9)15(17)18/h4-5,8,14H,3,6-7H2,1-2H3,(H,13,16).